The molecule has 0 aromatic carbocycles. The molecular weight excluding hydrogens is 266 g/mol. The molecule has 0 bridgehead atoms. The molecule has 0 fully saturated rings. The summed E-state index contributed by atoms with van der Waals surface area (Å²) >= 11 is 0. The largest absolute Gasteiger partial charge is 0.317 e. The molecule has 0 rings (SSSR count). The second-order valence-electron chi connectivity index (χ2n) is 5.93. The van der Waals surface area contributed by atoms with E-state index in [1.165, 1.54) is 96.6 Å². The summed E-state index contributed by atoms with van der Waals surface area (Å²) in [5.74, 6) is 0. The Morgan fingerprint density at radius 3 is 1.14 bits per heavy atom. The minimum atomic E-state index is 1.19. The predicted octanol–water partition coefficient (Wildman–Crippen LogP) is 7.74. The first-order valence-corrected chi connectivity index (χ1v) is 10.5. The second-order valence-corrected chi connectivity index (χ2v) is 5.93. The maximum Gasteiger partial charge on any atom is -0.00489 e. The zero-order valence-electron chi connectivity index (χ0n) is 17.1. The van der Waals surface area contributed by atoms with Gasteiger partial charge in [0.25, 0.3) is 0 Å². The Hall–Kier alpha value is -0.0400. The summed E-state index contributed by atoms with van der Waals surface area (Å²) in [6, 6.07) is 0. The van der Waals surface area contributed by atoms with Crippen LogP contribution in [0.2, 0.25) is 0 Å². The number of unbranched alkanes of at least 4 members (excludes halogenated alkanes) is 10. The van der Waals surface area contributed by atoms with E-state index in [4.69, 9.17) is 0 Å². The topological polar surface area (TPSA) is 12.0 Å². The molecular formula is C21H49N. The molecule has 0 aromatic rings. The molecule has 0 aliphatic carbocycles. The van der Waals surface area contributed by atoms with Gasteiger partial charge in [-0.3, -0.25) is 0 Å². The summed E-state index contributed by atoms with van der Waals surface area (Å²) < 4.78 is 0. The second kappa shape index (κ2) is 32.8. The quantitative estimate of drug-likeness (QED) is 0.323. The van der Waals surface area contributed by atoms with E-state index >= 15 is 0 Å². The van der Waals surface area contributed by atoms with Crippen LogP contribution < -0.4 is 5.32 Å². The maximum atomic E-state index is 3.41. The molecule has 0 aliphatic rings. The van der Waals surface area contributed by atoms with E-state index < -0.39 is 0 Å². The van der Waals surface area contributed by atoms with E-state index in [0.29, 0.717) is 0 Å². The minimum Gasteiger partial charge on any atom is -0.317 e. The van der Waals surface area contributed by atoms with E-state index in [9.17, 15) is 0 Å². The summed E-state index contributed by atoms with van der Waals surface area (Å²) in [6.45, 7) is 15.4. The summed E-state index contributed by atoms with van der Waals surface area (Å²) in [5.41, 5.74) is 0. The zero-order chi connectivity index (χ0) is 17.3. The normalized spacial score (nSPS) is 9.55. The summed E-state index contributed by atoms with van der Waals surface area (Å²) in [4.78, 5) is 0. The van der Waals surface area contributed by atoms with Crippen LogP contribution in [0.5, 0.6) is 0 Å². The van der Waals surface area contributed by atoms with Crippen LogP contribution >= 0.6 is 0 Å². The molecule has 0 aliphatic heterocycles. The lowest BCUT2D eigenvalue weighted by atomic mass is 10.1. The highest BCUT2D eigenvalue weighted by Crippen LogP contribution is 2.05. The first-order valence-electron chi connectivity index (χ1n) is 10.5. The smallest absolute Gasteiger partial charge is 0.00489 e. The van der Waals surface area contributed by atoms with Crippen molar-refractivity contribution in [3.8, 4) is 0 Å². The highest BCUT2D eigenvalue weighted by molar-refractivity contribution is 4.47. The first kappa shape index (κ1) is 26.8. The molecule has 0 unspecified atom stereocenters. The van der Waals surface area contributed by atoms with Crippen molar-refractivity contribution in [1.29, 1.82) is 0 Å². The monoisotopic (exact) mass is 315 g/mol. The molecule has 0 aromatic heterocycles. The van der Waals surface area contributed by atoms with Crippen molar-refractivity contribution >= 4 is 0 Å². The minimum absolute atomic E-state index is 1.19. The van der Waals surface area contributed by atoms with Crippen LogP contribution in [0.25, 0.3) is 0 Å². The van der Waals surface area contributed by atoms with E-state index in [-0.39, 0.29) is 0 Å². The van der Waals surface area contributed by atoms with Crippen molar-refractivity contribution in [2.24, 2.45) is 0 Å². The molecule has 0 saturated carbocycles. The molecule has 0 heterocycles. The third-order valence-corrected chi connectivity index (χ3v) is 3.59. The Labute approximate surface area is 144 Å². The van der Waals surface area contributed by atoms with Crippen LogP contribution in [0.15, 0.2) is 0 Å². The fourth-order valence-electron chi connectivity index (χ4n) is 2.19. The van der Waals surface area contributed by atoms with E-state index in [1.54, 1.807) is 0 Å². The third kappa shape index (κ3) is 36.8. The lowest BCUT2D eigenvalue weighted by Gasteiger charge is -2.01. The Kier molecular flexibility index (Phi) is 40.0. The highest BCUT2D eigenvalue weighted by Gasteiger charge is 1.87. The molecule has 1 nitrogen and oxygen atoms in total. The van der Waals surface area contributed by atoms with Crippen LogP contribution in [0.3, 0.4) is 0 Å². The molecule has 1 heteroatoms. The Morgan fingerprint density at radius 1 is 0.409 bits per heavy atom. The van der Waals surface area contributed by atoms with Gasteiger partial charge < -0.3 is 5.32 Å². The van der Waals surface area contributed by atoms with E-state index in [2.05, 4.69) is 33.0 Å². The average molecular weight is 316 g/mol. The van der Waals surface area contributed by atoms with Gasteiger partial charge in [-0.2, -0.15) is 0 Å². The molecule has 138 valence electrons. The SMILES string of the molecule is CC.CCCCCCCCC.CCCCCCCNCCC. The number of rotatable bonds is 14. The molecule has 0 amide bonds. The molecule has 0 atom stereocenters. The Morgan fingerprint density at radius 2 is 0.773 bits per heavy atom. The van der Waals surface area contributed by atoms with Crippen LogP contribution in [0.1, 0.15) is 125 Å². The summed E-state index contributed by atoms with van der Waals surface area (Å²) in [6.07, 6.45) is 18.2. The van der Waals surface area contributed by atoms with Gasteiger partial charge >= 0.3 is 0 Å². The molecule has 22 heavy (non-hydrogen) atoms. The van der Waals surface area contributed by atoms with Crippen molar-refractivity contribution in [3.05, 3.63) is 0 Å². The molecule has 0 radical (unpaired) electrons. The number of hydrogen-bond acceptors (Lipinski definition) is 1. The van der Waals surface area contributed by atoms with Gasteiger partial charge in [0.1, 0.15) is 0 Å². The van der Waals surface area contributed by atoms with Gasteiger partial charge in [0.05, 0.1) is 0 Å². The zero-order valence-corrected chi connectivity index (χ0v) is 17.1. The van der Waals surface area contributed by atoms with Crippen molar-refractivity contribution in [3.63, 3.8) is 0 Å². The van der Waals surface area contributed by atoms with Crippen LogP contribution in [-0.4, -0.2) is 13.1 Å². The van der Waals surface area contributed by atoms with Gasteiger partial charge in [-0.25, -0.2) is 0 Å². The standard InChI is InChI=1S/C10H23N.C9H20.C2H6/c1-3-5-6-7-8-10-11-9-4-2;1-3-5-7-9-8-6-4-2;1-2/h11H,3-10H2,1-2H3;3-9H2,1-2H3;1-2H3. The molecule has 0 saturated heterocycles. The number of hydrogen-bond donors (Lipinski definition) is 1. The van der Waals surface area contributed by atoms with Gasteiger partial charge in [0, 0.05) is 0 Å². The van der Waals surface area contributed by atoms with Crippen molar-refractivity contribution < 1.29 is 0 Å². The van der Waals surface area contributed by atoms with Crippen LogP contribution in [-0.2, 0) is 0 Å². The van der Waals surface area contributed by atoms with Crippen molar-refractivity contribution in [2.45, 2.75) is 125 Å². The lowest BCUT2D eigenvalue weighted by molar-refractivity contribution is 0.581. The van der Waals surface area contributed by atoms with E-state index in [1.807, 2.05) is 13.8 Å². The summed E-state index contributed by atoms with van der Waals surface area (Å²) in [7, 11) is 0. The average Bonchev–Trinajstić information content (AvgIpc) is 2.56. The predicted molar refractivity (Wildman–Crippen MR) is 107 cm³/mol. The van der Waals surface area contributed by atoms with Gasteiger partial charge in [0.2, 0.25) is 0 Å². The molecule has 1 N–H and O–H groups in total. The summed E-state index contributed by atoms with van der Waals surface area (Å²) in [5, 5.41) is 3.41. The van der Waals surface area contributed by atoms with Gasteiger partial charge in [-0.15, -0.1) is 0 Å². The van der Waals surface area contributed by atoms with Crippen molar-refractivity contribution in [2.75, 3.05) is 13.1 Å². The van der Waals surface area contributed by atoms with Crippen LogP contribution in [0.4, 0.5) is 0 Å². The van der Waals surface area contributed by atoms with Crippen molar-refractivity contribution in [1.82, 2.24) is 5.32 Å². The van der Waals surface area contributed by atoms with Gasteiger partial charge in [0.15, 0.2) is 0 Å². The third-order valence-electron chi connectivity index (χ3n) is 3.59. The Balaban J connectivity index is -0.000000299. The molecule has 0 spiro atoms. The lowest BCUT2D eigenvalue weighted by Crippen LogP contribution is -2.15. The first-order chi connectivity index (χ1) is 10.8. The van der Waals surface area contributed by atoms with Crippen LogP contribution in [0, 0.1) is 0 Å². The van der Waals surface area contributed by atoms with Gasteiger partial charge in [-0.05, 0) is 25.9 Å². The van der Waals surface area contributed by atoms with E-state index in [0.717, 1.165) is 0 Å². The Bertz CT molecular complexity index is 120. The number of nitrogens with one attached hydrogen (secondary N) is 1. The fraction of sp³-hybridized carbons (Fsp3) is 1.00. The highest BCUT2D eigenvalue weighted by atomic mass is 14.8. The fourth-order valence-corrected chi connectivity index (χ4v) is 2.19. The van der Waals surface area contributed by atoms with Gasteiger partial charge in [-0.1, -0.05) is 112 Å². The maximum absolute atomic E-state index is 3.41.